The first-order chi connectivity index (χ1) is 13.7. The van der Waals surface area contributed by atoms with Crippen LogP contribution in [0.15, 0.2) is 84.3 Å². The number of hydrogen-bond donors (Lipinski definition) is 2. The number of ether oxygens (including phenoxy) is 2. The lowest BCUT2D eigenvalue weighted by atomic mass is 9.83. The predicted octanol–water partition coefficient (Wildman–Crippen LogP) is 4.07. The number of nitriles is 1. The minimum absolute atomic E-state index is 0.106. The Balaban J connectivity index is 1.62. The van der Waals surface area contributed by atoms with Gasteiger partial charge in [0.1, 0.15) is 29.7 Å². The number of nitrogens with zero attached hydrogens (tertiary/aromatic N) is 1. The number of nitrogen functional groups attached to an aromatic ring is 1. The van der Waals surface area contributed by atoms with E-state index in [4.69, 9.17) is 20.9 Å². The molecule has 1 aliphatic rings. The summed E-state index contributed by atoms with van der Waals surface area (Å²) in [6.45, 7) is 0.496. The molecule has 4 rings (SSSR count). The van der Waals surface area contributed by atoms with Crippen molar-refractivity contribution in [1.82, 2.24) is 0 Å². The molecule has 3 aromatic carbocycles. The van der Waals surface area contributed by atoms with Gasteiger partial charge in [0.2, 0.25) is 5.88 Å². The van der Waals surface area contributed by atoms with Crippen LogP contribution >= 0.6 is 0 Å². The van der Waals surface area contributed by atoms with Crippen LogP contribution in [0.1, 0.15) is 22.6 Å². The minimum Gasteiger partial charge on any atom is -0.489 e. The fourth-order valence-corrected chi connectivity index (χ4v) is 3.31. The molecule has 0 radical (unpaired) electrons. The number of nitrogens with two attached hydrogens (primary N) is 2. The van der Waals surface area contributed by atoms with Crippen molar-refractivity contribution in [3.8, 4) is 17.6 Å². The van der Waals surface area contributed by atoms with Crippen molar-refractivity contribution >= 4 is 5.69 Å². The zero-order valence-electron chi connectivity index (χ0n) is 15.1. The van der Waals surface area contributed by atoms with Gasteiger partial charge in [-0.2, -0.15) is 5.26 Å². The van der Waals surface area contributed by atoms with Crippen LogP contribution in [0.2, 0.25) is 0 Å². The van der Waals surface area contributed by atoms with Crippen LogP contribution in [0.25, 0.3) is 0 Å². The van der Waals surface area contributed by atoms with Gasteiger partial charge in [0.25, 0.3) is 0 Å². The van der Waals surface area contributed by atoms with Gasteiger partial charge in [0.05, 0.1) is 5.92 Å². The van der Waals surface area contributed by atoms with Crippen LogP contribution in [0.4, 0.5) is 5.69 Å². The Kier molecular flexibility index (Phi) is 4.61. The second kappa shape index (κ2) is 7.37. The monoisotopic (exact) mass is 369 g/mol. The molecule has 5 heteroatoms. The second-order valence-electron chi connectivity index (χ2n) is 6.57. The lowest BCUT2D eigenvalue weighted by Crippen LogP contribution is -2.21. The van der Waals surface area contributed by atoms with Gasteiger partial charge in [-0.15, -0.1) is 0 Å². The molecule has 0 amide bonds. The van der Waals surface area contributed by atoms with Gasteiger partial charge in [0.15, 0.2) is 0 Å². The molecular weight excluding hydrogens is 350 g/mol. The van der Waals surface area contributed by atoms with Crippen molar-refractivity contribution in [2.24, 2.45) is 5.73 Å². The third-order valence-electron chi connectivity index (χ3n) is 4.70. The van der Waals surface area contributed by atoms with E-state index in [0.717, 1.165) is 22.4 Å². The number of benzene rings is 3. The molecule has 0 saturated carbocycles. The lowest BCUT2D eigenvalue weighted by molar-refractivity contribution is 0.306. The Labute approximate surface area is 163 Å². The maximum Gasteiger partial charge on any atom is 0.205 e. The summed E-state index contributed by atoms with van der Waals surface area (Å²) in [6, 6.07) is 25.2. The summed E-state index contributed by atoms with van der Waals surface area (Å²) in [4.78, 5) is 0. The maximum atomic E-state index is 9.62. The molecule has 1 aliphatic heterocycles. The van der Waals surface area contributed by atoms with Crippen molar-refractivity contribution in [3.63, 3.8) is 0 Å². The first-order valence-electron chi connectivity index (χ1n) is 8.89. The van der Waals surface area contributed by atoms with E-state index in [1.165, 1.54) is 0 Å². The van der Waals surface area contributed by atoms with Crippen LogP contribution in [0.5, 0.6) is 11.5 Å². The average molecular weight is 369 g/mol. The molecule has 0 bridgehead atoms. The fraction of sp³-hybridized carbons (Fsp3) is 0.0870. The van der Waals surface area contributed by atoms with Crippen LogP contribution in [-0.2, 0) is 6.61 Å². The molecule has 138 valence electrons. The molecule has 1 heterocycles. The average Bonchev–Trinajstić information content (AvgIpc) is 2.72. The Morgan fingerprint density at radius 1 is 0.964 bits per heavy atom. The second-order valence-corrected chi connectivity index (χ2v) is 6.57. The number of anilines is 1. The molecule has 3 aromatic rings. The highest BCUT2D eigenvalue weighted by Gasteiger charge is 2.30. The van der Waals surface area contributed by atoms with Gasteiger partial charge in [-0.25, -0.2) is 0 Å². The van der Waals surface area contributed by atoms with Gasteiger partial charge < -0.3 is 20.9 Å². The topological polar surface area (TPSA) is 94.3 Å². The fourth-order valence-electron chi connectivity index (χ4n) is 3.31. The smallest absolute Gasteiger partial charge is 0.205 e. The Morgan fingerprint density at radius 3 is 2.43 bits per heavy atom. The van der Waals surface area contributed by atoms with Crippen molar-refractivity contribution in [3.05, 3.63) is 101 Å². The molecule has 0 fully saturated rings. The van der Waals surface area contributed by atoms with Crippen LogP contribution < -0.4 is 20.9 Å². The van der Waals surface area contributed by atoms with E-state index in [-0.39, 0.29) is 11.8 Å². The highest BCUT2D eigenvalue weighted by atomic mass is 16.5. The quantitative estimate of drug-likeness (QED) is 0.676. The molecule has 4 N–H and O–H groups in total. The molecule has 0 aliphatic carbocycles. The van der Waals surface area contributed by atoms with E-state index in [1.807, 2.05) is 60.7 Å². The molecule has 1 atom stereocenters. The minimum atomic E-state index is -0.308. The van der Waals surface area contributed by atoms with Crippen LogP contribution in [0, 0.1) is 11.3 Å². The van der Waals surface area contributed by atoms with E-state index in [9.17, 15) is 5.26 Å². The molecule has 0 aromatic heterocycles. The third-order valence-corrected chi connectivity index (χ3v) is 4.70. The van der Waals surface area contributed by atoms with Gasteiger partial charge in [0, 0.05) is 17.3 Å². The summed E-state index contributed by atoms with van der Waals surface area (Å²) < 4.78 is 11.5. The number of allylic oxidation sites excluding steroid dienone is 1. The van der Waals surface area contributed by atoms with E-state index in [1.54, 1.807) is 12.1 Å². The summed E-state index contributed by atoms with van der Waals surface area (Å²) in [5, 5.41) is 9.62. The van der Waals surface area contributed by atoms with Gasteiger partial charge in [-0.3, -0.25) is 0 Å². The summed E-state index contributed by atoms with van der Waals surface area (Å²) in [7, 11) is 0. The van der Waals surface area contributed by atoms with Crippen LogP contribution in [0.3, 0.4) is 0 Å². The van der Waals surface area contributed by atoms with Crippen molar-refractivity contribution in [1.29, 1.82) is 5.26 Å². The predicted molar refractivity (Wildman–Crippen MR) is 107 cm³/mol. The van der Waals surface area contributed by atoms with Crippen molar-refractivity contribution in [2.75, 3.05) is 5.73 Å². The lowest BCUT2D eigenvalue weighted by Gasteiger charge is -2.26. The molecule has 5 nitrogen and oxygen atoms in total. The summed E-state index contributed by atoms with van der Waals surface area (Å²) in [6.07, 6.45) is 0. The van der Waals surface area contributed by atoms with E-state index in [0.29, 0.717) is 23.6 Å². The summed E-state index contributed by atoms with van der Waals surface area (Å²) in [5.41, 5.74) is 15.7. The van der Waals surface area contributed by atoms with Crippen molar-refractivity contribution < 1.29 is 9.47 Å². The Morgan fingerprint density at radius 2 is 1.71 bits per heavy atom. The highest BCUT2D eigenvalue weighted by molar-refractivity contribution is 5.59. The maximum absolute atomic E-state index is 9.62. The zero-order valence-corrected chi connectivity index (χ0v) is 15.1. The van der Waals surface area contributed by atoms with Crippen molar-refractivity contribution in [2.45, 2.75) is 12.5 Å². The van der Waals surface area contributed by atoms with E-state index in [2.05, 4.69) is 6.07 Å². The number of rotatable bonds is 4. The number of fused-ring (bicyclic) bond motifs is 1. The SMILES string of the molecule is N#CC1=C(N)Oc2cc(N)ccc2C1c1ccc(OCc2ccccc2)cc1. The molecule has 0 saturated heterocycles. The molecule has 1 unspecified atom stereocenters. The number of hydrogen-bond acceptors (Lipinski definition) is 5. The Bertz CT molecular complexity index is 1070. The molecule has 0 spiro atoms. The van der Waals surface area contributed by atoms with Gasteiger partial charge >= 0.3 is 0 Å². The zero-order chi connectivity index (χ0) is 19.5. The largest absolute Gasteiger partial charge is 0.489 e. The molecular formula is C23H19N3O2. The molecule has 28 heavy (non-hydrogen) atoms. The van der Waals surface area contributed by atoms with E-state index < -0.39 is 0 Å². The van der Waals surface area contributed by atoms with Gasteiger partial charge in [-0.1, -0.05) is 48.5 Å². The summed E-state index contributed by atoms with van der Waals surface area (Å²) in [5.74, 6) is 1.13. The van der Waals surface area contributed by atoms with Crippen LogP contribution in [-0.4, -0.2) is 0 Å². The first-order valence-corrected chi connectivity index (χ1v) is 8.89. The Hall–Kier alpha value is -3.91. The first kappa shape index (κ1) is 17.5. The standard InChI is InChI=1S/C23H19N3O2/c24-13-20-22(19-11-8-17(25)12-21(19)28-23(20)26)16-6-9-18(10-7-16)27-14-15-4-2-1-3-5-15/h1-12,22H,14,25-26H2. The summed E-state index contributed by atoms with van der Waals surface area (Å²) >= 11 is 0. The highest BCUT2D eigenvalue weighted by Crippen LogP contribution is 2.42. The third kappa shape index (κ3) is 3.36. The van der Waals surface area contributed by atoms with Gasteiger partial charge in [-0.05, 0) is 29.3 Å². The normalized spacial score (nSPS) is 15.3. The van der Waals surface area contributed by atoms with E-state index >= 15 is 0 Å².